The molecule has 1 atom stereocenters. The van der Waals surface area contributed by atoms with Crippen LogP contribution in [0.3, 0.4) is 0 Å². The Labute approximate surface area is 137 Å². The zero-order valence-electron chi connectivity index (χ0n) is 14.9. The molecule has 0 unspecified atom stereocenters. The van der Waals surface area contributed by atoms with Crippen LogP contribution in [-0.4, -0.2) is 19.5 Å². The Balaban J connectivity index is 2.45. The van der Waals surface area contributed by atoms with Gasteiger partial charge in [-0.3, -0.25) is 0 Å². The second kappa shape index (κ2) is 10.8. The lowest BCUT2D eigenvalue weighted by molar-refractivity contribution is -0.203. The molecule has 0 aliphatic rings. The average Bonchev–Trinajstić information content (AvgIpc) is 2.53. The van der Waals surface area contributed by atoms with Crippen molar-refractivity contribution in [1.82, 2.24) is 0 Å². The summed E-state index contributed by atoms with van der Waals surface area (Å²) in [5.41, 5.74) is 1.40. The molecule has 1 rings (SSSR count). The van der Waals surface area contributed by atoms with E-state index in [0.717, 1.165) is 13.0 Å². The predicted octanol–water partition coefficient (Wildman–Crippen LogP) is 5.60. The standard InChI is InChI=1S/C20H34O2/c1-5-6-7-8-10-15-19(17-22-20(2,3)21-4)16-18-13-11-9-12-14-18/h9,11-14,19H,5-8,10,15-17H2,1-4H3/t19-/m0/s1. The number of benzene rings is 1. The Morgan fingerprint density at radius 1 is 1.00 bits per heavy atom. The molecular weight excluding hydrogens is 272 g/mol. The third kappa shape index (κ3) is 8.55. The van der Waals surface area contributed by atoms with Gasteiger partial charge in [-0.05, 0) is 38.2 Å². The van der Waals surface area contributed by atoms with Crippen LogP contribution in [0.1, 0.15) is 64.9 Å². The first-order chi connectivity index (χ1) is 10.6. The maximum absolute atomic E-state index is 5.97. The van der Waals surface area contributed by atoms with Gasteiger partial charge in [0.15, 0.2) is 5.79 Å². The molecule has 0 saturated carbocycles. The fourth-order valence-electron chi connectivity index (χ4n) is 2.61. The van der Waals surface area contributed by atoms with Crippen molar-refractivity contribution < 1.29 is 9.47 Å². The van der Waals surface area contributed by atoms with E-state index in [1.165, 1.54) is 44.1 Å². The first kappa shape index (κ1) is 19.2. The molecule has 0 fully saturated rings. The minimum Gasteiger partial charge on any atom is -0.354 e. The third-order valence-corrected chi connectivity index (χ3v) is 4.24. The molecule has 0 spiro atoms. The molecule has 0 amide bonds. The molecule has 2 heteroatoms. The number of hydrogen-bond donors (Lipinski definition) is 0. The molecular formula is C20H34O2. The lowest BCUT2D eigenvalue weighted by Gasteiger charge is -2.27. The first-order valence-corrected chi connectivity index (χ1v) is 8.80. The van der Waals surface area contributed by atoms with Gasteiger partial charge in [-0.1, -0.05) is 69.4 Å². The van der Waals surface area contributed by atoms with Gasteiger partial charge >= 0.3 is 0 Å². The SMILES string of the molecule is CCCCCCC[C@H](COC(C)(C)OC)Cc1ccccc1. The van der Waals surface area contributed by atoms with E-state index in [4.69, 9.17) is 9.47 Å². The van der Waals surface area contributed by atoms with Crippen molar-refractivity contribution in [2.45, 2.75) is 71.5 Å². The predicted molar refractivity (Wildman–Crippen MR) is 94.1 cm³/mol. The maximum atomic E-state index is 5.97. The summed E-state index contributed by atoms with van der Waals surface area (Å²) < 4.78 is 11.3. The molecule has 0 bridgehead atoms. The largest absolute Gasteiger partial charge is 0.354 e. The summed E-state index contributed by atoms with van der Waals surface area (Å²) >= 11 is 0. The van der Waals surface area contributed by atoms with Crippen molar-refractivity contribution in [1.29, 1.82) is 0 Å². The molecule has 0 saturated heterocycles. The number of hydrogen-bond acceptors (Lipinski definition) is 2. The van der Waals surface area contributed by atoms with Gasteiger partial charge in [-0.25, -0.2) is 0 Å². The molecule has 2 nitrogen and oxygen atoms in total. The van der Waals surface area contributed by atoms with Gasteiger partial charge in [-0.15, -0.1) is 0 Å². The fourth-order valence-corrected chi connectivity index (χ4v) is 2.61. The highest BCUT2D eigenvalue weighted by atomic mass is 16.7. The maximum Gasteiger partial charge on any atom is 0.162 e. The summed E-state index contributed by atoms with van der Waals surface area (Å²) in [4.78, 5) is 0. The highest BCUT2D eigenvalue weighted by molar-refractivity contribution is 5.15. The van der Waals surface area contributed by atoms with Crippen LogP contribution in [0.2, 0.25) is 0 Å². The molecule has 0 heterocycles. The number of methoxy groups -OCH3 is 1. The van der Waals surface area contributed by atoms with Gasteiger partial charge in [-0.2, -0.15) is 0 Å². The highest BCUT2D eigenvalue weighted by Crippen LogP contribution is 2.20. The van der Waals surface area contributed by atoms with Crippen LogP contribution in [0.25, 0.3) is 0 Å². The topological polar surface area (TPSA) is 18.5 Å². The zero-order chi connectivity index (χ0) is 16.3. The highest BCUT2D eigenvalue weighted by Gasteiger charge is 2.19. The van der Waals surface area contributed by atoms with Crippen LogP contribution in [0.5, 0.6) is 0 Å². The van der Waals surface area contributed by atoms with E-state index in [2.05, 4.69) is 37.3 Å². The second-order valence-corrected chi connectivity index (χ2v) is 6.67. The number of rotatable bonds is 12. The summed E-state index contributed by atoms with van der Waals surface area (Å²) in [7, 11) is 1.71. The van der Waals surface area contributed by atoms with Crippen LogP contribution in [0.4, 0.5) is 0 Å². The van der Waals surface area contributed by atoms with Crippen LogP contribution in [-0.2, 0) is 15.9 Å². The Kier molecular flexibility index (Phi) is 9.42. The lowest BCUT2D eigenvalue weighted by atomic mass is 9.94. The van der Waals surface area contributed by atoms with E-state index in [1.807, 2.05) is 13.8 Å². The summed E-state index contributed by atoms with van der Waals surface area (Å²) in [6, 6.07) is 10.7. The smallest absolute Gasteiger partial charge is 0.162 e. The Morgan fingerprint density at radius 2 is 1.68 bits per heavy atom. The van der Waals surface area contributed by atoms with Gasteiger partial charge in [0.1, 0.15) is 0 Å². The molecule has 1 aromatic rings. The molecule has 0 N–H and O–H groups in total. The van der Waals surface area contributed by atoms with Crippen LogP contribution in [0.15, 0.2) is 30.3 Å². The van der Waals surface area contributed by atoms with Gasteiger partial charge in [0, 0.05) is 7.11 Å². The Morgan fingerprint density at radius 3 is 2.32 bits per heavy atom. The minimum absolute atomic E-state index is 0.489. The van der Waals surface area contributed by atoms with E-state index in [0.29, 0.717) is 5.92 Å². The van der Waals surface area contributed by atoms with E-state index >= 15 is 0 Å². The van der Waals surface area contributed by atoms with Gasteiger partial charge in [0.2, 0.25) is 0 Å². The van der Waals surface area contributed by atoms with Crippen molar-refractivity contribution in [2.24, 2.45) is 5.92 Å². The van der Waals surface area contributed by atoms with Crippen molar-refractivity contribution in [3.63, 3.8) is 0 Å². The second-order valence-electron chi connectivity index (χ2n) is 6.67. The number of unbranched alkanes of at least 4 members (excludes halogenated alkanes) is 4. The van der Waals surface area contributed by atoms with E-state index in [9.17, 15) is 0 Å². The first-order valence-electron chi connectivity index (χ1n) is 8.80. The Hall–Kier alpha value is -0.860. The monoisotopic (exact) mass is 306 g/mol. The number of ether oxygens (including phenoxy) is 2. The van der Waals surface area contributed by atoms with Gasteiger partial charge in [0.05, 0.1) is 6.61 Å². The fraction of sp³-hybridized carbons (Fsp3) is 0.700. The summed E-state index contributed by atoms with van der Waals surface area (Å²) in [5, 5.41) is 0. The lowest BCUT2D eigenvalue weighted by Crippen LogP contribution is -2.30. The van der Waals surface area contributed by atoms with Crippen molar-refractivity contribution >= 4 is 0 Å². The average molecular weight is 306 g/mol. The van der Waals surface area contributed by atoms with E-state index in [-0.39, 0.29) is 0 Å². The molecule has 0 aromatic heterocycles. The molecule has 126 valence electrons. The van der Waals surface area contributed by atoms with E-state index < -0.39 is 5.79 Å². The molecule has 0 aliphatic carbocycles. The third-order valence-electron chi connectivity index (χ3n) is 4.24. The van der Waals surface area contributed by atoms with Gasteiger partial charge < -0.3 is 9.47 Å². The molecule has 0 aliphatic heterocycles. The minimum atomic E-state index is -0.489. The van der Waals surface area contributed by atoms with Crippen molar-refractivity contribution in [2.75, 3.05) is 13.7 Å². The molecule has 1 aromatic carbocycles. The van der Waals surface area contributed by atoms with Crippen LogP contribution in [0, 0.1) is 5.92 Å². The van der Waals surface area contributed by atoms with E-state index in [1.54, 1.807) is 7.11 Å². The summed E-state index contributed by atoms with van der Waals surface area (Å²) in [6.45, 7) is 6.99. The summed E-state index contributed by atoms with van der Waals surface area (Å²) in [5.74, 6) is 0.0791. The molecule has 22 heavy (non-hydrogen) atoms. The van der Waals surface area contributed by atoms with Crippen molar-refractivity contribution in [3.8, 4) is 0 Å². The molecule has 0 radical (unpaired) electrons. The van der Waals surface area contributed by atoms with Gasteiger partial charge in [0.25, 0.3) is 0 Å². The zero-order valence-corrected chi connectivity index (χ0v) is 14.9. The van der Waals surface area contributed by atoms with Crippen LogP contribution < -0.4 is 0 Å². The quantitative estimate of drug-likeness (QED) is 0.369. The Bertz CT molecular complexity index is 373. The normalized spacial score (nSPS) is 13.3. The van der Waals surface area contributed by atoms with Crippen LogP contribution >= 0.6 is 0 Å². The van der Waals surface area contributed by atoms with Crippen molar-refractivity contribution in [3.05, 3.63) is 35.9 Å². The summed E-state index contributed by atoms with van der Waals surface area (Å²) in [6.07, 6.45) is 8.99.